The minimum absolute atomic E-state index is 0.0513. The summed E-state index contributed by atoms with van der Waals surface area (Å²) in [6.45, 7) is 3.95. The Labute approximate surface area is 147 Å². The van der Waals surface area contributed by atoms with Gasteiger partial charge >= 0.3 is 0 Å². The molecule has 2 N–H and O–H groups in total. The maximum atomic E-state index is 12.0. The topological polar surface area (TPSA) is 93.7 Å². The van der Waals surface area contributed by atoms with E-state index in [1.165, 1.54) is 19.1 Å². The van der Waals surface area contributed by atoms with Gasteiger partial charge in [-0.2, -0.15) is 0 Å². The molecule has 0 aliphatic carbocycles. The normalized spacial score (nSPS) is 12.2. The maximum absolute atomic E-state index is 12.0. The van der Waals surface area contributed by atoms with Crippen molar-refractivity contribution in [1.29, 1.82) is 0 Å². The average molecular weight is 364 g/mol. The zero-order valence-corrected chi connectivity index (χ0v) is 14.7. The van der Waals surface area contributed by atoms with Gasteiger partial charge in [0.15, 0.2) is 6.10 Å². The largest absolute Gasteiger partial charge is 0.494 e. The lowest BCUT2D eigenvalue weighted by Crippen LogP contribution is -2.47. The highest BCUT2D eigenvalue weighted by atomic mass is 32.2. The zero-order valence-electron chi connectivity index (χ0n) is 13.9. The fourth-order valence-corrected chi connectivity index (χ4v) is 2.78. The number of sulfonamides is 1. The van der Waals surface area contributed by atoms with Crippen molar-refractivity contribution in [3.05, 3.63) is 54.6 Å². The van der Waals surface area contributed by atoms with Gasteiger partial charge in [-0.15, -0.1) is 4.83 Å². The van der Waals surface area contributed by atoms with E-state index in [1.54, 1.807) is 42.5 Å². The standard InChI is InChI=1S/C17H20N2O5S/c1-3-23-14-9-11-15(12-10-14)24-13(2)17(20)18-19-25(21,22)16-7-5-4-6-8-16/h4-13,19H,3H2,1-2H3,(H,18,20)/t13-/m0/s1. The highest BCUT2D eigenvalue weighted by Gasteiger charge is 2.19. The Morgan fingerprint density at radius 2 is 1.64 bits per heavy atom. The first-order valence-electron chi connectivity index (χ1n) is 7.68. The first-order valence-corrected chi connectivity index (χ1v) is 9.17. The number of rotatable bonds is 8. The molecule has 8 heteroatoms. The summed E-state index contributed by atoms with van der Waals surface area (Å²) in [6.07, 6.45) is -0.892. The first-order chi connectivity index (χ1) is 11.9. The van der Waals surface area contributed by atoms with Crippen LogP contribution in [0.25, 0.3) is 0 Å². The number of carbonyl (C=O) groups excluding carboxylic acids is 1. The SMILES string of the molecule is CCOc1ccc(O[C@@H](C)C(=O)NNS(=O)(=O)c2ccccc2)cc1. The lowest BCUT2D eigenvalue weighted by atomic mass is 10.3. The second kappa shape index (κ2) is 8.50. The van der Waals surface area contributed by atoms with Crippen LogP contribution in [0.15, 0.2) is 59.5 Å². The van der Waals surface area contributed by atoms with Crippen LogP contribution in [0.4, 0.5) is 0 Å². The molecule has 0 unspecified atom stereocenters. The summed E-state index contributed by atoms with van der Waals surface area (Å²) < 4.78 is 34.9. The van der Waals surface area contributed by atoms with Crippen LogP contribution in [0, 0.1) is 0 Å². The number of nitrogens with one attached hydrogen (secondary N) is 2. The van der Waals surface area contributed by atoms with Crippen LogP contribution in [0.5, 0.6) is 11.5 Å². The Balaban J connectivity index is 1.90. The van der Waals surface area contributed by atoms with Gasteiger partial charge < -0.3 is 9.47 Å². The third kappa shape index (κ3) is 5.47. The number of hydrogen-bond donors (Lipinski definition) is 2. The molecule has 0 fully saturated rings. The number of benzene rings is 2. The molecule has 134 valence electrons. The molecule has 2 aromatic rings. The molecule has 2 aromatic carbocycles. The van der Waals surface area contributed by atoms with Crippen LogP contribution in [0.3, 0.4) is 0 Å². The molecular weight excluding hydrogens is 344 g/mol. The summed E-state index contributed by atoms with van der Waals surface area (Å²) in [6, 6.07) is 14.5. The van der Waals surface area contributed by atoms with Crippen molar-refractivity contribution in [2.75, 3.05) is 6.61 Å². The van der Waals surface area contributed by atoms with E-state index in [0.29, 0.717) is 18.1 Å². The lowest BCUT2D eigenvalue weighted by Gasteiger charge is -2.15. The van der Waals surface area contributed by atoms with Gasteiger partial charge in [0.25, 0.3) is 15.9 Å². The Morgan fingerprint density at radius 1 is 1.04 bits per heavy atom. The van der Waals surface area contributed by atoms with Crippen molar-refractivity contribution < 1.29 is 22.7 Å². The third-order valence-corrected chi connectivity index (χ3v) is 4.44. The van der Waals surface area contributed by atoms with Crippen molar-refractivity contribution in [2.45, 2.75) is 24.8 Å². The number of hydrogen-bond acceptors (Lipinski definition) is 5. The third-order valence-electron chi connectivity index (χ3n) is 3.18. The van der Waals surface area contributed by atoms with Gasteiger partial charge in [0.2, 0.25) is 0 Å². The highest BCUT2D eigenvalue weighted by Crippen LogP contribution is 2.18. The van der Waals surface area contributed by atoms with Gasteiger partial charge in [-0.3, -0.25) is 10.2 Å². The van der Waals surface area contributed by atoms with E-state index < -0.39 is 22.0 Å². The summed E-state index contributed by atoms with van der Waals surface area (Å²) in [7, 11) is -3.83. The molecule has 7 nitrogen and oxygen atoms in total. The molecule has 0 radical (unpaired) electrons. The van der Waals surface area contributed by atoms with Gasteiger partial charge in [0.05, 0.1) is 11.5 Å². The van der Waals surface area contributed by atoms with E-state index in [-0.39, 0.29) is 4.90 Å². The second-order valence-corrected chi connectivity index (χ2v) is 6.75. The van der Waals surface area contributed by atoms with Crippen LogP contribution in [0.2, 0.25) is 0 Å². The maximum Gasteiger partial charge on any atom is 0.275 e. The smallest absolute Gasteiger partial charge is 0.275 e. The monoisotopic (exact) mass is 364 g/mol. The number of hydrazine groups is 1. The van der Waals surface area contributed by atoms with Gasteiger partial charge in [-0.25, -0.2) is 8.42 Å². The van der Waals surface area contributed by atoms with Gasteiger partial charge in [0, 0.05) is 0 Å². The summed E-state index contributed by atoms with van der Waals surface area (Å²) in [5.74, 6) is 0.549. The molecule has 0 bridgehead atoms. The van der Waals surface area contributed by atoms with E-state index in [1.807, 2.05) is 11.8 Å². The second-order valence-electron chi connectivity index (χ2n) is 5.07. The van der Waals surface area contributed by atoms with Crippen molar-refractivity contribution in [3.63, 3.8) is 0 Å². The van der Waals surface area contributed by atoms with Crippen LogP contribution in [0.1, 0.15) is 13.8 Å². The van der Waals surface area contributed by atoms with E-state index in [4.69, 9.17) is 9.47 Å². The lowest BCUT2D eigenvalue weighted by molar-refractivity contribution is -0.127. The number of ether oxygens (including phenoxy) is 2. The van der Waals surface area contributed by atoms with Crippen molar-refractivity contribution in [3.8, 4) is 11.5 Å². The minimum Gasteiger partial charge on any atom is -0.494 e. The first kappa shape index (κ1) is 18.8. The molecule has 2 rings (SSSR count). The molecule has 1 atom stereocenters. The van der Waals surface area contributed by atoms with E-state index in [0.717, 1.165) is 0 Å². The molecule has 1 amide bonds. The molecule has 0 aliphatic heterocycles. The Morgan fingerprint density at radius 3 is 2.24 bits per heavy atom. The Bertz CT molecular complexity index is 792. The minimum atomic E-state index is -3.83. The molecule has 25 heavy (non-hydrogen) atoms. The summed E-state index contributed by atoms with van der Waals surface area (Å²) >= 11 is 0. The number of carbonyl (C=O) groups is 1. The fourth-order valence-electron chi connectivity index (χ4n) is 1.92. The highest BCUT2D eigenvalue weighted by molar-refractivity contribution is 7.89. The van der Waals surface area contributed by atoms with Crippen molar-refractivity contribution in [2.24, 2.45) is 0 Å². The predicted octanol–water partition coefficient (Wildman–Crippen LogP) is 1.86. The van der Waals surface area contributed by atoms with Crippen molar-refractivity contribution in [1.82, 2.24) is 10.3 Å². The van der Waals surface area contributed by atoms with Crippen LogP contribution >= 0.6 is 0 Å². The van der Waals surface area contributed by atoms with E-state index in [9.17, 15) is 13.2 Å². The van der Waals surface area contributed by atoms with Gasteiger partial charge in [0.1, 0.15) is 11.5 Å². The zero-order chi connectivity index (χ0) is 18.3. The van der Waals surface area contributed by atoms with Gasteiger partial charge in [-0.1, -0.05) is 18.2 Å². The molecule has 0 aromatic heterocycles. The molecule has 0 aliphatic rings. The molecular formula is C17H20N2O5S. The fraction of sp³-hybridized carbons (Fsp3) is 0.235. The van der Waals surface area contributed by atoms with E-state index in [2.05, 4.69) is 5.43 Å². The van der Waals surface area contributed by atoms with Gasteiger partial charge in [-0.05, 0) is 50.2 Å². The molecule has 0 spiro atoms. The quantitative estimate of drug-likeness (QED) is 0.698. The summed E-state index contributed by atoms with van der Waals surface area (Å²) in [5.41, 5.74) is 2.15. The van der Waals surface area contributed by atoms with E-state index >= 15 is 0 Å². The molecule has 0 saturated carbocycles. The number of amides is 1. The Hall–Kier alpha value is -2.58. The van der Waals surface area contributed by atoms with Crippen molar-refractivity contribution >= 4 is 15.9 Å². The van der Waals surface area contributed by atoms with Crippen LogP contribution < -0.4 is 19.7 Å². The molecule has 0 saturated heterocycles. The predicted molar refractivity (Wildman–Crippen MR) is 92.6 cm³/mol. The molecule has 0 heterocycles. The average Bonchev–Trinajstić information content (AvgIpc) is 2.62. The summed E-state index contributed by atoms with van der Waals surface area (Å²) in [5, 5.41) is 0. The Kier molecular flexibility index (Phi) is 6.37. The summed E-state index contributed by atoms with van der Waals surface area (Å²) in [4.78, 5) is 14.1. The van der Waals surface area contributed by atoms with Crippen LogP contribution in [-0.4, -0.2) is 27.0 Å². The van der Waals surface area contributed by atoms with Crippen LogP contribution in [-0.2, 0) is 14.8 Å².